The van der Waals surface area contributed by atoms with Gasteiger partial charge in [0, 0.05) is 37.6 Å². The van der Waals surface area contributed by atoms with Crippen LogP contribution in [-0.2, 0) is 0 Å². The maximum Gasteiger partial charge on any atom is 0.123 e. The van der Waals surface area contributed by atoms with Crippen LogP contribution >= 0.6 is 0 Å². The van der Waals surface area contributed by atoms with Crippen LogP contribution in [0.4, 0.5) is 0 Å². The largest absolute Gasteiger partial charge is 0.507 e. The summed E-state index contributed by atoms with van der Waals surface area (Å²) in [5.41, 5.74) is 1.46. The predicted molar refractivity (Wildman–Crippen MR) is 92.3 cm³/mol. The van der Waals surface area contributed by atoms with Crippen molar-refractivity contribution in [1.82, 2.24) is 10.2 Å². The van der Waals surface area contributed by atoms with Crippen LogP contribution in [0.5, 0.6) is 5.75 Å². The molecule has 0 spiro atoms. The zero-order valence-electron chi connectivity index (χ0n) is 13.8. The number of rotatable bonds is 2. The second-order valence-corrected chi connectivity index (χ2v) is 7.27. The van der Waals surface area contributed by atoms with Gasteiger partial charge in [0.15, 0.2) is 0 Å². The van der Waals surface area contributed by atoms with Crippen molar-refractivity contribution in [3.63, 3.8) is 0 Å². The molecule has 0 bridgehead atoms. The molecule has 1 aliphatic heterocycles. The summed E-state index contributed by atoms with van der Waals surface area (Å²) in [5, 5.41) is 15.7. The lowest BCUT2D eigenvalue weighted by atomic mass is 9.79. The number of hydrogen-bond acceptors (Lipinski definition) is 3. The smallest absolute Gasteiger partial charge is 0.123 e. The Kier molecular flexibility index (Phi) is 4.11. The quantitative estimate of drug-likeness (QED) is 0.890. The molecule has 3 nitrogen and oxygen atoms in total. The van der Waals surface area contributed by atoms with Crippen molar-refractivity contribution in [3.05, 3.63) is 42.0 Å². The molecule has 0 aliphatic carbocycles. The van der Waals surface area contributed by atoms with E-state index in [2.05, 4.69) is 49.2 Å². The molecule has 1 saturated heterocycles. The Labute approximate surface area is 132 Å². The van der Waals surface area contributed by atoms with Crippen molar-refractivity contribution in [2.45, 2.75) is 26.8 Å². The van der Waals surface area contributed by atoms with E-state index in [1.807, 2.05) is 18.2 Å². The topological polar surface area (TPSA) is 35.5 Å². The second kappa shape index (κ2) is 5.90. The third kappa shape index (κ3) is 2.83. The molecular formula is C19H26N2O. The third-order valence-corrected chi connectivity index (χ3v) is 4.57. The van der Waals surface area contributed by atoms with Crippen molar-refractivity contribution in [2.24, 2.45) is 5.41 Å². The van der Waals surface area contributed by atoms with Gasteiger partial charge in [-0.2, -0.15) is 0 Å². The highest BCUT2D eigenvalue weighted by Crippen LogP contribution is 2.42. The minimum absolute atomic E-state index is 0.136. The maximum atomic E-state index is 10.2. The normalized spacial score (nSPS) is 18.5. The van der Waals surface area contributed by atoms with Crippen molar-refractivity contribution >= 4 is 10.8 Å². The van der Waals surface area contributed by atoms with Gasteiger partial charge in [-0.25, -0.2) is 0 Å². The summed E-state index contributed by atoms with van der Waals surface area (Å²) in [5.74, 6) is 0.368. The Morgan fingerprint density at radius 2 is 1.64 bits per heavy atom. The summed E-state index contributed by atoms with van der Waals surface area (Å²) in [7, 11) is 0. The molecule has 0 aromatic heterocycles. The first-order valence-electron chi connectivity index (χ1n) is 8.14. The van der Waals surface area contributed by atoms with Crippen LogP contribution in [0, 0.1) is 5.41 Å². The fourth-order valence-corrected chi connectivity index (χ4v) is 3.70. The second-order valence-electron chi connectivity index (χ2n) is 7.27. The van der Waals surface area contributed by atoms with Gasteiger partial charge in [0.1, 0.15) is 5.75 Å². The van der Waals surface area contributed by atoms with Gasteiger partial charge in [0.2, 0.25) is 0 Å². The third-order valence-electron chi connectivity index (χ3n) is 4.57. The number of fused-ring (bicyclic) bond motifs is 1. The van der Waals surface area contributed by atoms with Gasteiger partial charge >= 0.3 is 0 Å². The molecule has 1 atom stereocenters. The number of piperazine rings is 1. The molecule has 22 heavy (non-hydrogen) atoms. The average Bonchev–Trinajstić information content (AvgIpc) is 2.50. The van der Waals surface area contributed by atoms with Crippen molar-refractivity contribution < 1.29 is 5.11 Å². The molecule has 1 heterocycles. The Balaban J connectivity index is 2.14. The lowest BCUT2D eigenvalue weighted by molar-refractivity contribution is 0.0872. The molecule has 0 radical (unpaired) electrons. The summed E-state index contributed by atoms with van der Waals surface area (Å²) in [6.07, 6.45) is 0. The fourth-order valence-electron chi connectivity index (χ4n) is 3.70. The number of phenolic OH excluding ortho intramolecular Hbond substituents is 1. The molecule has 1 aliphatic rings. The van der Waals surface area contributed by atoms with Crippen molar-refractivity contribution in [1.29, 1.82) is 0 Å². The lowest BCUT2D eigenvalue weighted by Crippen LogP contribution is -2.48. The molecular weight excluding hydrogens is 272 g/mol. The van der Waals surface area contributed by atoms with E-state index in [0.29, 0.717) is 11.8 Å². The monoisotopic (exact) mass is 298 g/mol. The van der Waals surface area contributed by atoms with Crippen molar-refractivity contribution in [3.8, 4) is 5.75 Å². The number of hydrogen-bond donors (Lipinski definition) is 2. The van der Waals surface area contributed by atoms with E-state index in [1.165, 1.54) is 10.9 Å². The van der Waals surface area contributed by atoms with E-state index in [1.54, 1.807) is 0 Å². The number of nitrogens with one attached hydrogen (secondary N) is 1. The molecule has 0 unspecified atom stereocenters. The van der Waals surface area contributed by atoms with Crippen LogP contribution in [0.25, 0.3) is 10.8 Å². The van der Waals surface area contributed by atoms with Gasteiger partial charge < -0.3 is 10.4 Å². The van der Waals surface area contributed by atoms with E-state index < -0.39 is 0 Å². The Hall–Kier alpha value is -1.58. The predicted octanol–water partition coefficient (Wildman–Crippen LogP) is 3.54. The summed E-state index contributed by atoms with van der Waals surface area (Å²) in [4.78, 5) is 2.58. The van der Waals surface area contributed by atoms with Gasteiger partial charge in [-0.15, -0.1) is 0 Å². The SMILES string of the molecule is CC(C)(C)[C@@H](c1ccc(O)c2ccccc12)N1CCNCC1. The first-order valence-corrected chi connectivity index (χ1v) is 8.14. The average molecular weight is 298 g/mol. The van der Waals surface area contributed by atoms with E-state index in [-0.39, 0.29) is 5.41 Å². The summed E-state index contributed by atoms with van der Waals surface area (Å²) in [6.45, 7) is 11.1. The van der Waals surface area contributed by atoms with E-state index in [4.69, 9.17) is 0 Å². The Morgan fingerprint density at radius 3 is 2.27 bits per heavy atom. The fraction of sp³-hybridized carbons (Fsp3) is 0.474. The van der Waals surface area contributed by atoms with Crippen LogP contribution in [0.3, 0.4) is 0 Å². The van der Waals surface area contributed by atoms with Crippen LogP contribution in [0.2, 0.25) is 0 Å². The highest BCUT2D eigenvalue weighted by atomic mass is 16.3. The standard InChI is InChI=1S/C19H26N2O/c1-19(2,3)18(21-12-10-20-11-13-21)16-8-9-17(22)15-7-5-4-6-14(15)16/h4-9,18,20,22H,10-13H2,1-3H3/t18-/m1/s1. The molecule has 2 aromatic carbocycles. The molecule has 2 N–H and O–H groups in total. The molecule has 118 valence electrons. The van der Waals surface area contributed by atoms with Gasteiger partial charge in [0.05, 0.1) is 0 Å². The minimum atomic E-state index is 0.136. The number of aromatic hydroxyl groups is 1. The minimum Gasteiger partial charge on any atom is -0.507 e. The van der Waals surface area contributed by atoms with Crippen LogP contribution in [0.1, 0.15) is 32.4 Å². The lowest BCUT2D eigenvalue weighted by Gasteiger charge is -2.43. The zero-order valence-corrected chi connectivity index (χ0v) is 13.8. The van der Waals surface area contributed by atoms with Crippen LogP contribution in [0.15, 0.2) is 36.4 Å². The zero-order chi connectivity index (χ0) is 15.7. The Bertz CT molecular complexity index is 654. The highest BCUT2D eigenvalue weighted by molar-refractivity contribution is 5.91. The molecule has 1 fully saturated rings. The summed E-state index contributed by atoms with van der Waals surface area (Å²) >= 11 is 0. The van der Waals surface area contributed by atoms with Gasteiger partial charge in [-0.1, -0.05) is 51.1 Å². The summed E-state index contributed by atoms with van der Waals surface area (Å²) in [6, 6.07) is 12.5. The van der Waals surface area contributed by atoms with Crippen LogP contribution < -0.4 is 5.32 Å². The first kappa shape index (κ1) is 15.3. The molecule has 0 saturated carbocycles. The molecule has 3 rings (SSSR count). The number of phenols is 1. The van der Waals surface area contributed by atoms with Gasteiger partial charge in [-0.05, 0) is 22.4 Å². The molecule has 0 amide bonds. The Morgan fingerprint density at radius 1 is 1.00 bits per heavy atom. The van der Waals surface area contributed by atoms with Crippen molar-refractivity contribution in [2.75, 3.05) is 26.2 Å². The van der Waals surface area contributed by atoms with E-state index in [0.717, 1.165) is 31.6 Å². The van der Waals surface area contributed by atoms with Crippen LogP contribution in [-0.4, -0.2) is 36.2 Å². The highest BCUT2D eigenvalue weighted by Gasteiger charge is 2.33. The summed E-state index contributed by atoms with van der Waals surface area (Å²) < 4.78 is 0. The van der Waals surface area contributed by atoms with E-state index in [9.17, 15) is 5.11 Å². The molecule has 3 heteroatoms. The first-order chi connectivity index (χ1) is 10.5. The maximum absolute atomic E-state index is 10.2. The number of nitrogens with zero attached hydrogens (tertiary/aromatic N) is 1. The molecule has 2 aromatic rings. The van der Waals surface area contributed by atoms with Gasteiger partial charge in [0.25, 0.3) is 0 Å². The number of benzene rings is 2. The van der Waals surface area contributed by atoms with E-state index >= 15 is 0 Å². The van der Waals surface area contributed by atoms with Gasteiger partial charge in [-0.3, -0.25) is 4.90 Å².